The highest BCUT2D eigenvalue weighted by Crippen LogP contribution is 2.26. The Hall–Kier alpha value is -2.21. The van der Waals surface area contributed by atoms with Crippen LogP contribution < -0.4 is 5.32 Å². The van der Waals surface area contributed by atoms with Crippen LogP contribution in [0, 0.1) is 5.82 Å². The van der Waals surface area contributed by atoms with Crippen LogP contribution in [-0.4, -0.2) is 15.7 Å². The lowest BCUT2D eigenvalue weighted by atomic mass is 10.2. The van der Waals surface area contributed by atoms with Gasteiger partial charge in [0.15, 0.2) is 5.82 Å². The third-order valence-corrected chi connectivity index (χ3v) is 3.77. The molecule has 3 rings (SSSR count). The highest BCUT2D eigenvalue weighted by Gasteiger charge is 2.12. The lowest BCUT2D eigenvalue weighted by Crippen LogP contribution is -2.10. The van der Waals surface area contributed by atoms with Crippen molar-refractivity contribution in [3.8, 4) is 0 Å². The Kier molecular flexibility index (Phi) is 2.79. The maximum absolute atomic E-state index is 13.1. The van der Waals surface area contributed by atoms with Crippen molar-refractivity contribution >= 4 is 33.1 Å². The van der Waals surface area contributed by atoms with E-state index in [2.05, 4.69) is 10.4 Å². The summed E-state index contributed by atoms with van der Waals surface area (Å²) in [5, 5.41) is 7.51. The summed E-state index contributed by atoms with van der Waals surface area (Å²) >= 11 is 1.33. The molecule has 0 aliphatic carbocycles. The van der Waals surface area contributed by atoms with Crippen LogP contribution in [0.15, 0.2) is 36.5 Å². The van der Waals surface area contributed by atoms with E-state index in [9.17, 15) is 9.18 Å². The molecule has 3 aromatic rings. The topological polar surface area (TPSA) is 46.9 Å². The molecule has 1 N–H and O–H groups in total. The molecule has 2 aromatic heterocycles. The number of aromatic nitrogens is 2. The highest BCUT2D eigenvalue weighted by molar-refractivity contribution is 7.20. The van der Waals surface area contributed by atoms with Crippen LogP contribution in [0.25, 0.3) is 10.1 Å². The van der Waals surface area contributed by atoms with Crippen LogP contribution in [0.5, 0.6) is 0 Å². The fraction of sp³-hybridized carbons (Fsp3) is 0.0769. The number of rotatable bonds is 2. The first-order valence-corrected chi connectivity index (χ1v) is 6.43. The number of amides is 1. The first-order chi connectivity index (χ1) is 9.11. The molecular weight excluding hydrogens is 265 g/mol. The summed E-state index contributed by atoms with van der Waals surface area (Å²) in [4.78, 5) is 12.6. The molecule has 0 unspecified atom stereocenters. The zero-order chi connectivity index (χ0) is 13.4. The summed E-state index contributed by atoms with van der Waals surface area (Å²) in [5.74, 6) is -0.0431. The average molecular weight is 275 g/mol. The Bertz CT molecular complexity index is 762. The van der Waals surface area contributed by atoms with Gasteiger partial charge < -0.3 is 5.32 Å². The summed E-state index contributed by atoms with van der Waals surface area (Å²) in [5.41, 5.74) is 0. The zero-order valence-electron chi connectivity index (χ0n) is 10.1. The first kappa shape index (κ1) is 11.9. The van der Waals surface area contributed by atoms with E-state index >= 15 is 0 Å². The van der Waals surface area contributed by atoms with Crippen molar-refractivity contribution in [2.24, 2.45) is 7.05 Å². The van der Waals surface area contributed by atoms with Crippen molar-refractivity contribution in [1.82, 2.24) is 9.78 Å². The van der Waals surface area contributed by atoms with E-state index in [-0.39, 0.29) is 11.7 Å². The quantitative estimate of drug-likeness (QED) is 0.781. The second kappa shape index (κ2) is 4.47. The van der Waals surface area contributed by atoms with Crippen LogP contribution in [0.4, 0.5) is 10.2 Å². The second-order valence-corrected chi connectivity index (χ2v) is 5.21. The molecule has 0 saturated heterocycles. The Balaban J connectivity index is 1.89. The molecular formula is C13H10FN3OS. The number of aryl methyl sites for hydroxylation is 1. The summed E-state index contributed by atoms with van der Waals surface area (Å²) in [7, 11) is 1.78. The van der Waals surface area contributed by atoms with Gasteiger partial charge in [0.05, 0.1) is 4.88 Å². The molecule has 0 bridgehead atoms. The van der Waals surface area contributed by atoms with Gasteiger partial charge in [-0.15, -0.1) is 11.3 Å². The number of nitrogens with zero attached hydrogens (tertiary/aromatic N) is 2. The normalized spacial score (nSPS) is 10.8. The molecule has 4 nitrogen and oxygen atoms in total. The van der Waals surface area contributed by atoms with Gasteiger partial charge in [0.2, 0.25) is 0 Å². The zero-order valence-corrected chi connectivity index (χ0v) is 10.9. The number of nitrogens with one attached hydrogen (secondary N) is 1. The molecule has 0 aliphatic rings. The molecule has 0 aliphatic heterocycles. The van der Waals surface area contributed by atoms with E-state index < -0.39 is 0 Å². The van der Waals surface area contributed by atoms with E-state index in [0.717, 1.165) is 10.1 Å². The number of carbonyl (C=O) groups excluding carboxylic acids is 1. The molecule has 96 valence electrons. The Morgan fingerprint density at radius 1 is 1.37 bits per heavy atom. The standard InChI is InChI=1S/C13H10FN3OS/c1-17-5-4-12(16-17)15-13(18)11-7-8-6-9(14)2-3-10(8)19-11/h2-7H,1H3,(H,15,16,18). The monoisotopic (exact) mass is 275 g/mol. The van der Waals surface area contributed by atoms with Gasteiger partial charge in [-0.1, -0.05) is 0 Å². The minimum atomic E-state index is -0.304. The Morgan fingerprint density at radius 3 is 2.95 bits per heavy atom. The predicted octanol–water partition coefficient (Wildman–Crippen LogP) is 3.03. The smallest absolute Gasteiger partial charge is 0.266 e. The van der Waals surface area contributed by atoms with Crippen molar-refractivity contribution in [3.63, 3.8) is 0 Å². The van der Waals surface area contributed by atoms with Crippen LogP contribution >= 0.6 is 11.3 Å². The van der Waals surface area contributed by atoms with Gasteiger partial charge >= 0.3 is 0 Å². The molecule has 0 radical (unpaired) electrons. The molecule has 1 amide bonds. The lowest BCUT2D eigenvalue weighted by molar-refractivity contribution is 0.103. The van der Waals surface area contributed by atoms with Crippen LogP contribution in [0.3, 0.4) is 0 Å². The maximum Gasteiger partial charge on any atom is 0.266 e. The molecule has 19 heavy (non-hydrogen) atoms. The fourth-order valence-corrected chi connectivity index (χ4v) is 2.72. The molecule has 0 fully saturated rings. The van der Waals surface area contributed by atoms with E-state index in [1.807, 2.05) is 0 Å². The maximum atomic E-state index is 13.1. The van der Waals surface area contributed by atoms with E-state index in [4.69, 9.17) is 0 Å². The number of thiophene rings is 1. The van der Waals surface area contributed by atoms with Gasteiger partial charge in [-0.05, 0) is 29.7 Å². The highest BCUT2D eigenvalue weighted by atomic mass is 32.1. The van der Waals surface area contributed by atoms with Gasteiger partial charge in [0.1, 0.15) is 5.82 Å². The minimum Gasteiger partial charge on any atom is -0.304 e. The fourth-order valence-electron chi connectivity index (χ4n) is 1.79. The third-order valence-electron chi connectivity index (χ3n) is 2.66. The molecule has 6 heteroatoms. The van der Waals surface area contributed by atoms with E-state index in [0.29, 0.717) is 10.7 Å². The first-order valence-electron chi connectivity index (χ1n) is 5.62. The summed E-state index contributed by atoms with van der Waals surface area (Å²) < 4.78 is 15.6. The van der Waals surface area contributed by atoms with Crippen molar-refractivity contribution < 1.29 is 9.18 Å². The van der Waals surface area contributed by atoms with Crippen LogP contribution in [0.1, 0.15) is 9.67 Å². The SMILES string of the molecule is Cn1ccc(NC(=O)c2cc3cc(F)ccc3s2)n1. The largest absolute Gasteiger partial charge is 0.304 e. The number of carbonyl (C=O) groups is 1. The van der Waals surface area contributed by atoms with Crippen molar-refractivity contribution in [2.75, 3.05) is 5.32 Å². The van der Waals surface area contributed by atoms with Gasteiger partial charge in [-0.2, -0.15) is 5.10 Å². The third kappa shape index (κ3) is 2.34. The number of halogens is 1. The van der Waals surface area contributed by atoms with Crippen molar-refractivity contribution in [3.05, 3.63) is 47.2 Å². The molecule has 0 spiro atoms. The number of anilines is 1. The Morgan fingerprint density at radius 2 is 2.21 bits per heavy atom. The van der Waals surface area contributed by atoms with Crippen LogP contribution in [0.2, 0.25) is 0 Å². The van der Waals surface area contributed by atoms with E-state index in [1.165, 1.54) is 23.5 Å². The van der Waals surface area contributed by atoms with Crippen LogP contribution in [-0.2, 0) is 7.05 Å². The molecule has 1 aromatic carbocycles. The van der Waals surface area contributed by atoms with Gasteiger partial charge in [0.25, 0.3) is 5.91 Å². The number of fused-ring (bicyclic) bond motifs is 1. The summed E-state index contributed by atoms with van der Waals surface area (Å²) in [6, 6.07) is 7.88. The summed E-state index contributed by atoms with van der Waals surface area (Å²) in [6.07, 6.45) is 1.75. The second-order valence-electron chi connectivity index (χ2n) is 4.12. The number of benzene rings is 1. The molecule has 2 heterocycles. The van der Waals surface area contributed by atoms with Gasteiger partial charge in [-0.25, -0.2) is 4.39 Å². The van der Waals surface area contributed by atoms with Gasteiger partial charge in [-0.3, -0.25) is 9.48 Å². The predicted molar refractivity (Wildman–Crippen MR) is 72.9 cm³/mol. The number of hydrogen-bond acceptors (Lipinski definition) is 3. The van der Waals surface area contributed by atoms with Crippen molar-refractivity contribution in [1.29, 1.82) is 0 Å². The molecule has 0 saturated carbocycles. The molecule has 0 atom stereocenters. The lowest BCUT2D eigenvalue weighted by Gasteiger charge is -1.97. The number of hydrogen-bond donors (Lipinski definition) is 1. The average Bonchev–Trinajstić information content (AvgIpc) is 2.95. The Labute approximate surface area is 112 Å². The summed E-state index contributed by atoms with van der Waals surface area (Å²) in [6.45, 7) is 0. The van der Waals surface area contributed by atoms with Gasteiger partial charge in [0, 0.05) is 24.0 Å². The van der Waals surface area contributed by atoms with E-state index in [1.54, 1.807) is 36.1 Å². The minimum absolute atomic E-state index is 0.236. The van der Waals surface area contributed by atoms with Crippen molar-refractivity contribution in [2.45, 2.75) is 0 Å².